The van der Waals surface area contributed by atoms with E-state index < -0.39 is 6.09 Å². The predicted molar refractivity (Wildman–Crippen MR) is 51.4 cm³/mol. The fourth-order valence-corrected chi connectivity index (χ4v) is 0.753. The molecule has 1 amide bonds. The highest BCUT2D eigenvalue weighted by atomic mass is 16.5. The maximum atomic E-state index is 10.8. The Bertz CT molecular complexity index is 235. The standard InChI is InChI=1S/C9H15NO4/c1-4-14-9(12)10-7(2)5-6-8(11)13-3/h4-6H2,1-3H3. The van der Waals surface area contributed by atoms with Crippen LogP contribution >= 0.6 is 0 Å². The van der Waals surface area contributed by atoms with Gasteiger partial charge in [-0.25, -0.2) is 4.79 Å². The molecule has 5 nitrogen and oxygen atoms in total. The number of rotatable bonds is 4. The lowest BCUT2D eigenvalue weighted by Crippen LogP contribution is -2.06. The molecule has 0 aromatic rings. The van der Waals surface area contributed by atoms with Gasteiger partial charge in [0.05, 0.1) is 20.1 Å². The molecular weight excluding hydrogens is 186 g/mol. The zero-order valence-corrected chi connectivity index (χ0v) is 8.70. The maximum Gasteiger partial charge on any atom is 0.433 e. The quantitative estimate of drug-likeness (QED) is 0.511. The van der Waals surface area contributed by atoms with Crippen molar-refractivity contribution in [2.75, 3.05) is 13.7 Å². The molecule has 0 saturated heterocycles. The summed E-state index contributed by atoms with van der Waals surface area (Å²) in [6, 6.07) is 0. The number of esters is 1. The second kappa shape index (κ2) is 7.06. The highest BCUT2D eigenvalue weighted by Gasteiger charge is 2.03. The van der Waals surface area contributed by atoms with Gasteiger partial charge in [0.15, 0.2) is 0 Å². The van der Waals surface area contributed by atoms with Crippen LogP contribution in [0.15, 0.2) is 4.99 Å². The first-order valence-electron chi connectivity index (χ1n) is 4.37. The molecule has 0 aliphatic rings. The molecule has 0 radical (unpaired) electrons. The van der Waals surface area contributed by atoms with E-state index in [9.17, 15) is 9.59 Å². The van der Waals surface area contributed by atoms with Gasteiger partial charge >= 0.3 is 12.1 Å². The van der Waals surface area contributed by atoms with Crippen molar-refractivity contribution in [1.82, 2.24) is 0 Å². The summed E-state index contributed by atoms with van der Waals surface area (Å²) in [5.74, 6) is -0.316. The first-order valence-corrected chi connectivity index (χ1v) is 4.37. The molecule has 0 bridgehead atoms. The van der Waals surface area contributed by atoms with Crippen LogP contribution in [0.25, 0.3) is 0 Å². The third-order valence-corrected chi connectivity index (χ3v) is 1.47. The van der Waals surface area contributed by atoms with Crippen LogP contribution in [0.2, 0.25) is 0 Å². The monoisotopic (exact) mass is 201 g/mol. The van der Waals surface area contributed by atoms with Gasteiger partial charge in [-0.15, -0.1) is 0 Å². The van der Waals surface area contributed by atoms with Gasteiger partial charge in [0.2, 0.25) is 0 Å². The number of hydrogen-bond donors (Lipinski definition) is 0. The van der Waals surface area contributed by atoms with Gasteiger partial charge in [0, 0.05) is 5.71 Å². The Labute approximate surface area is 83.1 Å². The van der Waals surface area contributed by atoms with Gasteiger partial charge < -0.3 is 9.47 Å². The Morgan fingerprint density at radius 2 is 1.93 bits per heavy atom. The summed E-state index contributed by atoms with van der Waals surface area (Å²) in [6.07, 6.45) is 0.0198. The van der Waals surface area contributed by atoms with Crippen LogP contribution in [0.4, 0.5) is 4.79 Å². The van der Waals surface area contributed by atoms with Crippen molar-refractivity contribution in [1.29, 1.82) is 0 Å². The summed E-state index contributed by atoms with van der Waals surface area (Å²) in [7, 11) is 1.32. The third-order valence-electron chi connectivity index (χ3n) is 1.47. The summed E-state index contributed by atoms with van der Waals surface area (Å²) in [5, 5.41) is 0. The topological polar surface area (TPSA) is 65.0 Å². The average Bonchev–Trinajstić information content (AvgIpc) is 2.14. The van der Waals surface area contributed by atoms with Crippen molar-refractivity contribution >= 4 is 17.8 Å². The highest BCUT2D eigenvalue weighted by molar-refractivity contribution is 5.93. The smallest absolute Gasteiger partial charge is 0.433 e. The van der Waals surface area contributed by atoms with Crippen molar-refractivity contribution in [2.45, 2.75) is 26.7 Å². The SMILES string of the molecule is CCOC(=O)N=C(C)CCC(=O)OC. The van der Waals surface area contributed by atoms with Crippen molar-refractivity contribution in [3.63, 3.8) is 0 Å². The predicted octanol–water partition coefficient (Wildman–Crippen LogP) is 1.56. The maximum absolute atomic E-state index is 10.8. The Morgan fingerprint density at radius 1 is 1.29 bits per heavy atom. The third kappa shape index (κ3) is 6.16. The Morgan fingerprint density at radius 3 is 2.43 bits per heavy atom. The van der Waals surface area contributed by atoms with Gasteiger partial charge in [0.1, 0.15) is 0 Å². The number of aliphatic imine (C=N–C) groups is 1. The molecule has 14 heavy (non-hydrogen) atoms. The van der Waals surface area contributed by atoms with E-state index in [2.05, 4.69) is 14.5 Å². The van der Waals surface area contributed by atoms with Crippen LogP contribution in [-0.4, -0.2) is 31.5 Å². The number of nitrogens with zero attached hydrogens (tertiary/aromatic N) is 1. The van der Waals surface area contributed by atoms with Crippen LogP contribution in [0, 0.1) is 0 Å². The minimum absolute atomic E-state index is 0.227. The summed E-state index contributed by atoms with van der Waals surface area (Å²) >= 11 is 0. The second-order valence-electron chi connectivity index (χ2n) is 2.62. The fraction of sp³-hybridized carbons (Fsp3) is 0.667. The molecule has 0 saturated carbocycles. The van der Waals surface area contributed by atoms with E-state index in [4.69, 9.17) is 0 Å². The summed E-state index contributed by atoms with van der Waals surface area (Å²) in [5.41, 5.74) is 0.564. The molecule has 0 aromatic carbocycles. The minimum Gasteiger partial charge on any atom is -0.469 e. The van der Waals surface area contributed by atoms with Gasteiger partial charge in [-0.05, 0) is 20.3 Å². The van der Waals surface area contributed by atoms with E-state index in [1.807, 2.05) is 0 Å². The van der Waals surface area contributed by atoms with Crippen molar-refractivity contribution in [2.24, 2.45) is 4.99 Å². The van der Waals surface area contributed by atoms with Crippen molar-refractivity contribution < 1.29 is 19.1 Å². The van der Waals surface area contributed by atoms with Crippen molar-refractivity contribution in [3.05, 3.63) is 0 Å². The van der Waals surface area contributed by atoms with Crippen LogP contribution in [0.5, 0.6) is 0 Å². The average molecular weight is 201 g/mol. The van der Waals surface area contributed by atoms with Gasteiger partial charge in [-0.1, -0.05) is 0 Å². The summed E-state index contributed by atoms with van der Waals surface area (Å²) in [6.45, 7) is 3.67. The largest absolute Gasteiger partial charge is 0.469 e. The lowest BCUT2D eigenvalue weighted by atomic mass is 10.2. The zero-order chi connectivity index (χ0) is 11.0. The molecule has 0 rings (SSSR count). The fourth-order valence-electron chi connectivity index (χ4n) is 0.753. The van der Waals surface area contributed by atoms with E-state index in [0.29, 0.717) is 18.7 Å². The van der Waals surface area contributed by atoms with Crippen LogP contribution in [0.3, 0.4) is 0 Å². The zero-order valence-electron chi connectivity index (χ0n) is 8.70. The van der Waals surface area contributed by atoms with E-state index in [1.165, 1.54) is 7.11 Å². The van der Waals surface area contributed by atoms with Crippen molar-refractivity contribution in [3.8, 4) is 0 Å². The minimum atomic E-state index is -0.616. The van der Waals surface area contributed by atoms with E-state index in [0.717, 1.165) is 0 Å². The molecule has 0 aromatic heterocycles. The number of methoxy groups -OCH3 is 1. The molecule has 0 fully saturated rings. The molecular formula is C9H15NO4. The lowest BCUT2D eigenvalue weighted by Gasteiger charge is -1.99. The number of carbonyl (C=O) groups is 2. The Kier molecular flexibility index (Phi) is 6.36. The van der Waals surface area contributed by atoms with E-state index >= 15 is 0 Å². The molecule has 0 unspecified atom stereocenters. The molecule has 0 aliphatic heterocycles. The summed E-state index contributed by atoms with van der Waals surface area (Å²) < 4.78 is 9.05. The number of carbonyl (C=O) groups excluding carboxylic acids is 2. The Hall–Kier alpha value is -1.39. The first-order chi connectivity index (χ1) is 6.60. The number of ether oxygens (including phenoxy) is 2. The van der Waals surface area contributed by atoms with Crippen LogP contribution < -0.4 is 0 Å². The van der Waals surface area contributed by atoms with E-state index in [1.54, 1.807) is 13.8 Å². The summed E-state index contributed by atoms with van der Waals surface area (Å²) in [4.78, 5) is 25.2. The molecule has 0 heterocycles. The lowest BCUT2D eigenvalue weighted by molar-refractivity contribution is -0.140. The van der Waals surface area contributed by atoms with Gasteiger partial charge in [0.25, 0.3) is 0 Å². The normalized spacial score (nSPS) is 10.9. The molecule has 80 valence electrons. The molecule has 0 N–H and O–H groups in total. The van der Waals surface area contributed by atoms with Gasteiger partial charge in [-0.3, -0.25) is 4.79 Å². The van der Waals surface area contributed by atoms with Crippen LogP contribution in [-0.2, 0) is 14.3 Å². The van der Waals surface area contributed by atoms with Crippen LogP contribution in [0.1, 0.15) is 26.7 Å². The highest BCUT2D eigenvalue weighted by Crippen LogP contribution is 1.96. The number of amides is 1. The van der Waals surface area contributed by atoms with Gasteiger partial charge in [-0.2, -0.15) is 4.99 Å². The number of hydrogen-bond acceptors (Lipinski definition) is 4. The molecule has 0 aliphatic carbocycles. The molecule has 0 atom stereocenters. The van der Waals surface area contributed by atoms with E-state index in [-0.39, 0.29) is 12.4 Å². The second-order valence-corrected chi connectivity index (χ2v) is 2.62. The first kappa shape index (κ1) is 12.6. The molecule has 0 spiro atoms. The Balaban J connectivity index is 3.88. The molecule has 5 heteroatoms.